The number of hydrogen-bond acceptors (Lipinski definition) is 2. The third-order valence-electron chi connectivity index (χ3n) is 4.05. The van der Waals surface area contributed by atoms with Gasteiger partial charge in [-0.2, -0.15) is 0 Å². The topological polar surface area (TPSA) is 49.4 Å². The van der Waals surface area contributed by atoms with Crippen LogP contribution in [-0.2, 0) is 11.3 Å². The summed E-state index contributed by atoms with van der Waals surface area (Å²) in [4.78, 5) is 26.8. The summed E-state index contributed by atoms with van der Waals surface area (Å²) in [5.41, 5.74) is 0.911. The molecule has 4 nitrogen and oxygen atoms in total. The molecule has 2 aromatic carbocycles. The lowest BCUT2D eigenvalue weighted by atomic mass is 10.0. The van der Waals surface area contributed by atoms with Crippen molar-refractivity contribution in [1.82, 2.24) is 10.2 Å². The monoisotopic (exact) mass is 420 g/mol. The molecule has 2 rings (SSSR count). The van der Waals surface area contributed by atoms with Crippen LogP contribution < -0.4 is 5.32 Å². The van der Waals surface area contributed by atoms with E-state index in [4.69, 9.17) is 0 Å². The highest BCUT2D eigenvalue weighted by Crippen LogP contribution is 2.14. The molecule has 2 aromatic rings. The SMILES string of the molecule is CC(C)C(NC(=O)c1ccccc1F)C(=O)N(C)Cc1ccc(Br)cc1. The largest absolute Gasteiger partial charge is 0.340 e. The smallest absolute Gasteiger partial charge is 0.254 e. The number of rotatable bonds is 6. The minimum Gasteiger partial charge on any atom is -0.340 e. The van der Waals surface area contributed by atoms with Crippen molar-refractivity contribution in [2.75, 3.05) is 7.05 Å². The quantitative estimate of drug-likeness (QED) is 0.767. The van der Waals surface area contributed by atoms with Crippen LogP contribution in [0, 0.1) is 11.7 Å². The lowest BCUT2D eigenvalue weighted by Gasteiger charge is -2.27. The molecule has 1 N–H and O–H groups in total. The predicted molar refractivity (Wildman–Crippen MR) is 103 cm³/mol. The van der Waals surface area contributed by atoms with Gasteiger partial charge < -0.3 is 10.2 Å². The summed E-state index contributed by atoms with van der Waals surface area (Å²) in [6.07, 6.45) is 0. The molecular weight excluding hydrogens is 399 g/mol. The van der Waals surface area contributed by atoms with E-state index in [0.717, 1.165) is 10.0 Å². The van der Waals surface area contributed by atoms with Crippen LogP contribution in [0.3, 0.4) is 0 Å². The fourth-order valence-electron chi connectivity index (χ4n) is 2.56. The number of likely N-dealkylation sites (N-methyl/N-ethyl adjacent to an activating group) is 1. The zero-order chi connectivity index (χ0) is 19.3. The highest BCUT2D eigenvalue weighted by molar-refractivity contribution is 9.10. The predicted octanol–water partition coefficient (Wildman–Crippen LogP) is 4.00. The Morgan fingerprint density at radius 3 is 2.31 bits per heavy atom. The Kier molecular flexibility index (Phi) is 6.91. The molecule has 0 aliphatic heterocycles. The molecule has 0 spiro atoms. The van der Waals surface area contributed by atoms with Gasteiger partial charge >= 0.3 is 0 Å². The molecule has 0 bridgehead atoms. The number of benzene rings is 2. The summed E-state index contributed by atoms with van der Waals surface area (Å²) in [6.45, 7) is 4.11. The number of hydrogen-bond donors (Lipinski definition) is 1. The lowest BCUT2D eigenvalue weighted by Crippen LogP contribution is -2.50. The van der Waals surface area contributed by atoms with Gasteiger partial charge in [0.1, 0.15) is 11.9 Å². The average Bonchev–Trinajstić information content (AvgIpc) is 2.61. The van der Waals surface area contributed by atoms with E-state index in [1.165, 1.54) is 18.2 Å². The van der Waals surface area contributed by atoms with Crippen molar-refractivity contribution in [2.45, 2.75) is 26.4 Å². The minimum absolute atomic E-state index is 0.0680. The van der Waals surface area contributed by atoms with Gasteiger partial charge in [0.2, 0.25) is 5.91 Å². The Balaban J connectivity index is 2.10. The number of nitrogens with zero attached hydrogens (tertiary/aromatic N) is 1. The maximum absolute atomic E-state index is 13.8. The third kappa shape index (κ3) is 5.14. The van der Waals surface area contributed by atoms with Crippen molar-refractivity contribution >= 4 is 27.7 Å². The van der Waals surface area contributed by atoms with Gasteiger partial charge in [-0.15, -0.1) is 0 Å². The van der Waals surface area contributed by atoms with Crippen LogP contribution in [0.4, 0.5) is 4.39 Å². The first kappa shape index (κ1) is 20.1. The van der Waals surface area contributed by atoms with Gasteiger partial charge in [0, 0.05) is 18.1 Å². The van der Waals surface area contributed by atoms with E-state index >= 15 is 0 Å². The second-order valence-electron chi connectivity index (χ2n) is 6.50. The van der Waals surface area contributed by atoms with Crippen molar-refractivity contribution in [3.05, 3.63) is 69.9 Å². The first-order chi connectivity index (χ1) is 12.3. The summed E-state index contributed by atoms with van der Waals surface area (Å²) in [5, 5.41) is 2.67. The molecule has 0 heterocycles. The highest BCUT2D eigenvalue weighted by Gasteiger charge is 2.28. The standard InChI is InChI=1S/C20H22BrFN2O2/c1-13(2)18(23-19(25)16-6-4-5-7-17(16)22)20(26)24(3)12-14-8-10-15(21)11-9-14/h4-11,13,18H,12H2,1-3H3,(H,23,25). The van der Waals surface area contributed by atoms with Crippen LogP contribution >= 0.6 is 15.9 Å². The average molecular weight is 421 g/mol. The molecule has 1 atom stereocenters. The molecule has 26 heavy (non-hydrogen) atoms. The molecule has 0 radical (unpaired) electrons. The van der Waals surface area contributed by atoms with Gasteiger partial charge in [0.15, 0.2) is 0 Å². The zero-order valence-electron chi connectivity index (χ0n) is 15.0. The van der Waals surface area contributed by atoms with Crippen molar-refractivity contribution < 1.29 is 14.0 Å². The van der Waals surface area contributed by atoms with Gasteiger partial charge in [-0.1, -0.05) is 54.0 Å². The fraction of sp³-hybridized carbons (Fsp3) is 0.300. The number of amides is 2. The highest BCUT2D eigenvalue weighted by atomic mass is 79.9. The molecular formula is C20H22BrFN2O2. The molecule has 0 fully saturated rings. The maximum atomic E-state index is 13.8. The normalized spacial score (nSPS) is 11.9. The second kappa shape index (κ2) is 8.94. The van der Waals surface area contributed by atoms with Crippen LogP contribution in [0.2, 0.25) is 0 Å². The van der Waals surface area contributed by atoms with Crippen LogP contribution in [0.25, 0.3) is 0 Å². The molecule has 0 saturated heterocycles. The van der Waals surface area contributed by atoms with E-state index in [1.54, 1.807) is 18.0 Å². The van der Waals surface area contributed by atoms with Gasteiger partial charge in [0.05, 0.1) is 5.56 Å². The molecule has 138 valence electrons. The summed E-state index contributed by atoms with van der Waals surface area (Å²) in [5.74, 6) is -1.55. The summed E-state index contributed by atoms with van der Waals surface area (Å²) < 4.78 is 14.8. The van der Waals surface area contributed by atoms with Gasteiger partial charge in [-0.05, 0) is 35.7 Å². The zero-order valence-corrected chi connectivity index (χ0v) is 16.6. The Morgan fingerprint density at radius 2 is 1.73 bits per heavy atom. The minimum atomic E-state index is -0.734. The molecule has 0 aliphatic rings. The number of halogens is 2. The van der Waals surface area contributed by atoms with Crippen LogP contribution in [0.5, 0.6) is 0 Å². The molecule has 1 unspecified atom stereocenters. The van der Waals surface area contributed by atoms with E-state index in [-0.39, 0.29) is 17.4 Å². The van der Waals surface area contributed by atoms with Crippen molar-refractivity contribution in [3.8, 4) is 0 Å². The summed E-state index contributed by atoms with van der Waals surface area (Å²) in [7, 11) is 1.69. The van der Waals surface area contributed by atoms with Crippen molar-refractivity contribution in [2.24, 2.45) is 5.92 Å². The first-order valence-corrected chi connectivity index (χ1v) is 9.13. The Labute approximate surface area is 161 Å². The first-order valence-electron chi connectivity index (χ1n) is 8.34. The summed E-state index contributed by atoms with van der Waals surface area (Å²) in [6, 6.07) is 12.7. The lowest BCUT2D eigenvalue weighted by molar-refractivity contribution is -0.133. The van der Waals surface area contributed by atoms with Crippen LogP contribution in [-0.4, -0.2) is 29.8 Å². The molecule has 2 amide bonds. The molecule has 0 aromatic heterocycles. The van der Waals surface area contributed by atoms with E-state index in [1.807, 2.05) is 38.1 Å². The number of nitrogens with one attached hydrogen (secondary N) is 1. The van der Waals surface area contributed by atoms with Gasteiger partial charge in [0.25, 0.3) is 5.91 Å². The maximum Gasteiger partial charge on any atom is 0.254 e. The Hall–Kier alpha value is -2.21. The Bertz CT molecular complexity index is 778. The molecule has 6 heteroatoms. The van der Waals surface area contributed by atoms with E-state index < -0.39 is 17.8 Å². The molecule has 0 aliphatic carbocycles. The summed E-state index contributed by atoms with van der Waals surface area (Å²) >= 11 is 3.38. The fourth-order valence-corrected chi connectivity index (χ4v) is 2.82. The number of carbonyl (C=O) groups excluding carboxylic acids is 2. The Morgan fingerprint density at radius 1 is 1.12 bits per heavy atom. The second-order valence-corrected chi connectivity index (χ2v) is 7.41. The van der Waals surface area contributed by atoms with Gasteiger partial charge in [-0.25, -0.2) is 4.39 Å². The van der Waals surface area contributed by atoms with E-state index in [0.29, 0.717) is 6.54 Å². The van der Waals surface area contributed by atoms with Crippen LogP contribution in [0.1, 0.15) is 29.8 Å². The third-order valence-corrected chi connectivity index (χ3v) is 4.58. The van der Waals surface area contributed by atoms with Crippen molar-refractivity contribution in [1.29, 1.82) is 0 Å². The van der Waals surface area contributed by atoms with Crippen LogP contribution in [0.15, 0.2) is 53.0 Å². The van der Waals surface area contributed by atoms with Gasteiger partial charge in [-0.3, -0.25) is 9.59 Å². The van der Waals surface area contributed by atoms with E-state index in [9.17, 15) is 14.0 Å². The van der Waals surface area contributed by atoms with Crippen molar-refractivity contribution in [3.63, 3.8) is 0 Å². The number of carbonyl (C=O) groups is 2. The molecule has 0 saturated carbocycles. The van der Waals surface area contributed by atoms with E-state index in [2.05, 4.69) is 21.2 Å².